The minimum absolute atomic E-state index is 0.576. The van der Waals surface area contributed by atoms with Gasteiger partial charge in [-0.25, -0.2) is 0 Å². The van der Waals surface area contributed by atoms with E-state index in [-0.39, 0.29) is 0 Å². The predicted molar refractivity (Wildman–Crippen MR) is 80.8 cm³/mol. The normalized spacial score (nSPS) is 19.0. The maximum atomic E-state index is 3.64. The number of rotatable bonds is 7. The lowest BCUT2D eigenvalue weighted by molar-refractivity contribution is 0.515. The van der Waals surface area contributed by atoms with E-state index in [1.54, 1.807) is 0 Å². The zero-order valence-electron chi connectivity index (χ0n) is 11.8. The summed E-state index contributed by atoms with van der Waals surface area (Å²) in [5.74, 6) is 1.25. The molecule has 0 radical (unpaired) electrons. The van der Waals surface area contributed by atoms with Gasteiger partial charge in [-0.1, -0.05) is 37.8 Å². The molecule has 0 spiro atoms. The predicted octanol–water partition coefficient (Wildman–Crippen LogP) is 4.39. The first-order chi connectivity index (χ1) is 8.22. The Bertz CT molecular complexity index is 215. The molecule has 1 nitrogen and oxygen atoms in total. The molecule has 0 aromatic heterocycles. The standard InChI is InChI=1S/C15H29NS/c1-4-10-16-14(11-13(2)3)12-17-15-8-6-5-7-9-15/h11,14-16H,4-10,12H2,1-3H3. The largest absolute Gasteiger partial charge is 0.310 e. The van der Waals surface area contributed by atoms with E-state index in [1.807, 2.05) is 0 Å². The van der Waals surface area contributed by atoms with E-state index in [0.29, 0.717) is 6.04 Å². The van der Waals surface area contributed by atoms with Gasteiger partial charge in [0.15, 0.2) is 0 Å². The van der Waals surface area contributed by atoms with E-state index >= 15 is 0 Å². The van der Waals surface area contributed by atoms with E-state index < -0.39 is 0 Å². The summed E-state index contributed by atoms with van der Waals surface area (Å²) < 4.78 is 0. The van der Waals surface area contributed by atoms with E-state index in [2.05, 4.69) is 43.9 Å². The van der Waals surface area contributed by atoms with Gasteiger partial charge in [-0.3, -0.25) is 0 Å². The Morgan fingerprint density at radius 3 is 2.59 bits per heavy atom. The van der Waals surface area contributed by atoms with Crippen LogP contribution < -0.4 is 5.32 Å². The molecule has 0 heterocycles. The van der Waals surface area contributed by atoms with E-state index in [1.165, 1.54) is 49.9 Å². The summed E-state index contributed by atoms with van der Waals surface area (Å²) in [5, 5.41) is 4.57. The molecule has 2 heteroatoms. The van der Waals surface area contributed by atoms with Gasteiger partial charge in [-0.2, -0.15) is 11.8 Å². The van der Waals surface area contributed by atoms with Crippen LogP contribution in [0.1, 0.15) is 59.3 Å². The van der Waals surface area contributed by atoms with Gasteiger partial charge in [-0.15, -0.1) is 0 Å². The lowest BCUT2D eigenvalue weighted by atomic mass is 10.0. The molecule has 0 bridgehead atoms. The third-order valence-electron chi connectivity index (χ3n) is 3.25. The summed E-state index contributed by atoms with van der Waals surface area (Å²) >= 11 is 2.19. The van der Waals surface area contributed by atoms with Crippen LogP contribution in [-0.4, -0.2) is 23.6 Å². The van der Waals surface area contributed by atoms with Crippen LogP contribution in [0.25, 0.3) is 0 Å². The van der Waals surface area contributed by atoms with Crippen molar-refractivity contribution in [2.24, 2.45) is 0 Å². The zero-order chi connectivity index (χ0) is 12.5. The molecule has 17 heavy (non-hydrogen) atoms. The minimum Gasteiger partial charge on any atom is -0.310 e. The fourth-order valence-electron chi connectivity index (χ4n) is 2.37. The van der Waals surface area contributed by atoms with E-state index in [9.17, 15) is 0 Å². The van der Waals surface area contributed by atoms with Crippen molar-refractivity contribution in [3.63, 3.8) is 0 Å². The molecule has 0 aromatic rings. The fraction of sp³-hybridized carbons (Fsp3) is 0.867. The van der Waals surface area contributed by atoms with E-state index in [0.717, 1.165) is 11.8 Å². The van der Waals surface area contributed by atoms with Gasteiger partial charge in [0.25, 0.3) is 0 Å². The smallest absolute Gasteiger partial charge is 0.0343 e. The Hall–Kier alpha value is 0.0500. The van der Waals surface area contributed by atoms with Crippen molar-refractivity contribution in [1.29, 1.82) is 0 Å². The van der Waals surface area contributed by atoms with Crippen molar-refractivity contribution < 1.29 is 0 Å². The third-order valence-corrected chi connectivity index (χ3v) is 4.75. The van der Waals surface area contributed by atoms with Crippen LogP contribution in [0.15, 0.2) is 11.6 Å². The summed E-state index contributed by atoms with van der Waals surface area (Å²) in [6, 6.07) is 0.576. The Balaban J connectivity index is 2.28. The number of nitrogens with one attached hydrogen (secondary N) is 1. The van der Waals surface area contributed by atoms with Gasteiger partial charge in [0.2, 0.25) is 0 Å². The van der Waals surface area contributed by atoms with Crippen LogP contribution in [0.5, 0.6) is 0 Å². The van der Waals surface area contributed by atoms with Gasteiger partial charge >= 0.3 is 0 Å². The Kier molecular flexibility index (Phi) is 8.04. The van der Waals surface area contributed by atoms with Gasteiger partial charge in [0.05, 0.1) is 0 Å². The molecule has 100 valence electrons. The molecule has 0 saturated heterocycles. The van der Waals surface area contributed by atoms with Gasteiger partial charge in [0, 0.05) is 17.0 Å². The summed E-state index contributed by atoms with van der Waals surface area (Å²) in [6.07, 6.45) is 10.9. The van der Waals surface area contributed by atoms with Crippen LogP contribution in [0, 0.1) is 0 Å². The molecule has 0 amide bonds. The van der Waals surface area contributed by atoms with Crippen molar-refractivity contribution in [3.05, 3.63) is 11.6 Å². The molecule has 1 rings (SSSR count). The second-order valence-electron chi connectivity index (χ2n) is 5.40. The van der Waals surface area contributed by atoms with Crippen molar-refractivity contribution >= 4 is 11.8 Å². The second-order valence-corrected chi connectivity index (χ2v) is 6.73. The molecular weight excluding hydrogens is 226 g/mol. The van der Waals surface area contributed by atoms with Crippen molar-refractivity contribution in [3.8, 4) is 0 Å². The number of hydrogen-bond acceptors (Lipinski definition) is 2. The lowest BCUT2D eigenvalue weighted by Gasteiger charge is -2.23. The van der Waals surface area contributed by atoms with Crippen LogP contribution >= 0.6 is 11.8 Å². The highest BCUT2D eigenvalue weighted by Crippen LogP contribution is 2.28. The molecule has 0 aromatic carbocycles. The Morgan fingerprint density at radius 2 is 2.00 bits per heavy atom. The van der Waals surface area contributed by atoms with Crippen LogP contribution in [0.2, 0.25) is 0 Å². The van der Waals surface area contributed by atoms with Crippen LogP contribution in [0.3, 0.4) is 0 Å². The fourth-order valence-corrected chi connectivity index (χ4v) is 3.73. The first kappa shape index (κ1) is 15.1. The number of thioether (sulfide) groups is 1. The monoisotopic (exact) mass is 255 g/mol. The highest BCUT2D eigenvalue weighted by Gasteiger charge is 2.15. The minimum atomic E-state index is 0.576. The molecule has 1 aliphatic rings. The average Bonchev–Trinajstić information content (AvgIpc) is 2.33. The maximum Gasteiger partial charge on any atom is 0.0343 e. The van der Waals surface area contributed by atoms with Gasteiger partial charge in [-0.05, 0) is 39.7 Å². The quantitative estimate of drug-likeness (QED) is 0.677. The molecule has 1 aliphatic carbocycles. The Morgan fingerprint density at radius 1 is 1.29 bits per heavy atom. The number of allylic oxidation sites excluding steroid dienone is 1. The van der Waals surface area contributed by atoms with Crippen molar-refractivity contribution in [2.75, 3.05) is 12.3 Å². The molecular formula is C15H29NS. The number of hydrogen-bond donors (Lipinski definition) is 1. The zero-order valence-corrected chi connectivity index (χ0v) is 12.6. The molecule has 1 fully saturated rings. The molecule has 0 aliphatic heterocycles. The average molecular weight is 255 g/mol. The summed E-state index contributed by atoms with van der Waals surface area (Å²) in [4.78, 5) is 0. The van der Waals surface area contributed by atoms with Crippen molar-refractivity contribution in [2.45, 2.75) is 70.6 Å². The maximum absolute atomic E-state index is 3.64. The SMILES string of the molecule is CCCNC(C=C(C)C)CSC1CCCCC1. The molecule has 1 saturated carbocycles. The van der Waals surface area contributed by atoms with Gasteiger partial charge in [0.1, 0.15) is 0 Å². The summed E-state index contributed by atoms with van der Waals surface area (Å²) in [7, 11) is 0. The first-order valence-corrected chi connectivity index (χ1v) is 8.27. The topological polar surface area (TPSA) is 12.0 Å². The third kappa shape index (κ3) is 7.15. The molecule has 1 atom stereocenters. The summed E-state index contributed by atoms with van der Waals surface area (Å²) in [6.45, 7) is 7.78. The van der Waals surface area contributed by atoms with Gasteiger partial charge < -0.3 is 5.32 Å². The molecule has 1 unspecified atom stereocenters. The highest BCUT2D eigenvalue weighted by molar-refractivity contribution is 7.99. The second kappa shape index (κ2) is 9.04. The van der Waals surface area contributed by atoms with Crippen molar-refractivity contribution in [1.82, 2.24) is 5.32 Å². The molecule has 1 N–H and O–H groups in total. The first-order valence-electron chi connectivity index (χ1n) is 7.22. The van der Waals surface area contributed by atoms with Crippen LogP contribution in [-0.2, 0) is 0 Å². The summed E-state index contributed by atoms with van der Waals surface area (Å²) in [5.41, 5.74) is 1.43. The Labute approximate surface area is 112 Å². The lowest BCUT2D eigenvalue weighted by Crippen LogP contribution is -2.31. The van der Waals surface area contributed by atoms with Crippen LogP contribution in [0.4, 0.5) is 0 Å². The van der Waals surface area contributed by atoms with E-state index in [4.69, 9.17) is 0 Å². The highest BCUT2D eigenvalue weighted by atomic mass is 32.2.